The number of nitrogens with zero attached hydrogens (tertiary/aromatic N) is 1. The van der Waals surface area contributed by atoms with Gasteiger partial charge in [0.1, 0.15) is 10.6 Å². The number of ether oxygens (including phenoxy) is 2. The standard InChI is InChI=1S/C13H14ClNO5/c14-11-3-1-2-10(12(11)15(17)18)13(16)20-8-9-4-6-19-7-5-9/h1-3,9H,4-8H2. The van der Waals surface area contributed by atoms with Gasteiger partial charge in [0.2, 0.25) is 0 Å². The van der Waals surface area contributed by atoms with Crippen LogP contribution in [-0.4, -0.2) is 30.7 Å². The van der Waals surface area contributed by atoms with Crippen LogP contribution >= 0.6 is 11.6 Å². The summed E-state index contributed by atoms with van der Waals surface area (Å²) in [6, 6.07) is 4.20. The van der Waals surface area contributed by atoms with E-state index in [4.69, 9.17) is 21.1 Å². The van der Waals surface area contributed by atoms with Crippen molar-refractivity contribution in [1.29, 1.82) is 0 Å². The van der Waals surface area contributed by atoms with Gasteiger partial charge in [-0.3, -0.25) is 10.1 Å². The highest BCUT2D eigenvalue weighted by atomic mass is 35.5. The van der Waals surface area contributed by atoms with Crippen molar-refractivity contribution >= 4 is 23.3 Å². The van der Waals surface area contributed by atoms with Crippen LogP contribution in [-0.2, 0) is 9.47 Å². The molecule has 0 bridgehead atoms. The van der Waals surface area contributed by atoms with E-state index in [1.165, 1.54) is 18.2 Å². The topological polar surface area (TPSA) is 78.7 Å². The van der Waals surface area contributed by atoms with Crippen molar-refractivity contribution in [2.45, 2.75) is 12.8 Å². The number of carbonyl (C=O) groups excluding carboxylic acids is 1. The molecule has 0 unspecified atom stereocenters. The van der Waals surface area contributed by atoms with Gasteiger partial charge < -0.3 is 9.47 Å². The van der Waals surface area contributed by atoms with Crippen molar-refractivity contribution < 1.29 is 19.2 Å². The van der Waals surface area contributed by atoms with Crippen LogP contribution in [0, 0.1) is 16.0 Å². The quantitative estimate of drug-likeness (QED) is 0.485. The molecule has 1 heterocycles. The molecule has 0 spiro atoms. The molecule has 1 saturated heterocycles. The maximum Gasteiger partial charge on any atom is 0.345 e. The molecule has 1 aromatic rings. The number of para-hydroxylation sites is 1. The van der Waals surface area contributed by atoms with Crippen LogP contribution in [0.1, 0.15) is 23.2 Å². The Hall–Kier alpha value is -1.66. The zero-order valence-corrected chi connectivity index (χ0v) is 11.5. The molecule has 20 heavy (non-hydrogen) atoms. The summed E-state index contributed by atoms with van der Waals surface area (Å²) in [6.07, 6.45) is 1.65. The lowest BCUT2D eigenvalue weighted by atomic mass is 10.0. The number of carbonyl (C=O) groups is 1. The molecule has 108 valence electrons. The SMILES string of the molecule is O=C(OCC1CCOCC1)c1cccc(Cl)c1[N+](=O)[O-]. The number of hydrogen-bond acceptors (Lipinski definition) is 5. The molecule has 0 aromatic heterocycles. The number of rotatable bonds is 4. The molecule has 0 radical (unpaired) electrons. The lowest BCUT2D eigenvalue weighted by Gasteiger charge is -2.21. The predicted molar refractivity (Wildman–Crippen MR) is 71.9 cm³/mol. The van der Waals surface area contributed by atoms with Gasteiger partial charge in [-0.05, 0) is 30.9 Å². The molecule has 0 aliphatic carbocycles. The van der Waals surface area contributed by atoms with Crippen LogP contribution in [0.25, 0.3) is 0 Å². The zero-order valence-electron chi connectivity index (χ0n) is 10.7. The Balaban J connectivity index is 2.05. The molecule has 1 aliphatic heterocycles. The lowest BCUT2D eigenvalue weighted by Crippen LogP contribution is -2.22. The van der Waals surface area contributed by atoms with Crippen molar-refractivity contribution in [2.24, 2.45) is 5.92 Å². The Morgan fingerprint density at radius 3 is 2.80 bits per heavy atom. The van der Waals surface area contributed by atoms with E-state index < -0.39 is 16.6 Å². The number of esters is 1. The van der Waals surface area contributed by atoms with Gasteiger partial charge in [-0.1, -0.05) is 17.7 Å². The highest BCUT2D eigenvalue weighted by Gasteiger charge is 2.25. The minimum absolute atomic E-state index is 0.0736. The van der Waals surface area contributed by atoms with Crippen molar-refractivity contribution in [3.05, 3.63) is 38.9 Å². The molecular formula is C13H14ClNO5. The second kappa shape index (κ2) is 6.67. The van der Waals surface area contributed by atoms with Gasteiger partial charge in [0.15, 0.2) is 0 Å². The molecule has 0 saturated carbocycles. The van der Waals surface area contributed by atoms with Crippen molar-refractivity contribution in [3.8, 4) is 0 Å². The summed E-state index contributed by atoms with van der Waals surface area (Å²) in [5.41, 5.74) is -0.527. The summed E-state index contributed by atoms with van der Waals surface area (Å²) < 4.78 is 10.4. The largest absolute Gasteiger partial charge is 0.462 e. The van der Waals surface area contributed by atoms with E-state index in [1.807, 2.05) is 0 Å². The average molecular weight is 300 g/mol. The Labute approximate surface area is 120 Å². The summed E-state index contributed by atoms with van der Waals surface area (Å²) in [7, 11) is 0. The fourth-order valence-corrected chi connectivity index (χ4v) is 2.29. The minimum Gasteiger partial charge on any atom is -0.462 e. The Bertz CT molecular complexity index is 513. The first kappa shape index (κ1) is 14.7. The molecule has 0 N–H and O–H groups in total. The molecule has 1 fully saturated rings. The van der Waals surface area contributed by atoms with E-state index in [-0.39, 0.29) is 23.1 Å². The first-order chi connectivity index (χ1) is 9.59. The molecule has 0 atom stereocenters. The minimum atomic E-state index is -0.717. The second-order valence-corrected chi connectivity index (χ2v) is 4.95. The summed E-state index contributed by atoms with van der Waals surface area (Å²) in [4.78, 5) is 22.2. The van der Waals surface area contributed by atoms with Crippen LogP contribution in [0.5, 0.6) is 0 Å². The van der Waals surface area contributed by atoms with Crippen LogP contribution in [0.3, 0.4) is 0 Å². The smallest absolute Gasteiger partial charge is 0.345 e. The van der Waals surface area contributed by atoms with Gasteiger partial charge in [-0.25, -0.2) is 4.79 Å². The summed E-state index contributed by atoms with van der Waals surface area (Å²) in [5.74, 6) is -0.475. The molecule has 0 amide bonds. The lowest BCUT2D eigenvalue weighted by molar-refractivity contribution is -0.385. The van der Waals surface area contributed by atoms with Crippen molar-refractivity contribution in [1.82, 2.24) is 0 Å². The molecule has 2 rings (SSSR count). The molecule has 1 aliphatic rings. The van der Waals surface area contributed by atoms with Crippen LogP contribution < -0.4 is 0 Å². The second-order valence-electron chi connectivity index (χ2n) is 4.55. The first-order valence-electron chi connectivity index (χ1n) is 6.27. The molecule has 7 heteroatoms. The number of nitro benzene ring substituents is 1. The average Bonchev–Trinajstić information content (AvgIpc) is 2.45. The summed E-state index contributed by atoms with van der Waals surface area (Å²) in [5, 5.41) is 10.9. The summed E-state index contributed by atoms with van der Waals surface area (Å²) >= 11 is 5.75. The van der Waals surface area contributed by atoms with Crippen LogP contribution in [0.2, 0.25) is 5.02 Å². The van der Waals surface area contributed by atoms with Crippen LogP contribution in [0.15, 0.2) is 18.2 Å². The van der Waals surface area contributed by atoms with Gasteiger partial charge in [0.25, 0.3) is 0 Å². The summed E-state index contributed by atoms with van der Waals surface area (Å²) in [6.45, 7) is 1.55. The van der Waals surface area contributed by atoms with Crippen molar-refractivity contribution in [2.75, 3.05) is 19.8 Å². The Morgan fingerprint density at radius 2 is 2.15 bits per heavy atom. The van der Waals surface area contributed by atoms with Gasteiger partial charge >= 0.3 is 11.7 Å². The number of nitro groups is 1. The molecule has 6 nitrogen and oxygen atoms in total. The van der Waals surface area contributed by atoms with Crippen LogP contribution in [0.4, 0.5) is 5.69 Å². The van der Waals surface area contributed by atoms with E-state index in [2.05, 4.69) is 0 Å². The third kappa shape index (κ3) is 3.46. The maximum absolute atomic E-state index is 11.9. The fraction of sp³-hybridized carbons (Fsp3) is 0.462. The van der Waals surface area contributed by atoms with E-state index in [1.54, 1.807) is 0 Å². The van der Waals surface area contributed by atoms with E-state index in [0.29, 0.717) is 13.2 Å². The highest BCUT2D eigenvalue weighted by molar-refractivity contribution is 6.33. The van der Waals surface area contributed by atoms with E-state index in [9.17, 15) is 14.9 Å². The van der Waals surface area contributed by atoms with E-state index in [0.717, 1.165) is 12.8 Å². The Kier molecular flexibility index (Phi) is 4.92. The third-order valence-corrected chi connectivity index (χ3v) is 3.49. The van der Waals surface area contributed by atoms with Gasteiger partial charge in [-0.2, -0.15) is 0 Å². The Morgan fingerprint density at radius 1 is 1.45 bits per heavy atom. The molecular weight excluding hydrogens is 286 g/mol. The predicted octanol–water partition coefficient (Wildman–Crippen LogP) is 2.83. The van der Waals surface area contributed by atoms with Gasteiger partial charge in [0, 0.05) is 13.2 Å². The van der Waals surface area contributed by atoms with Crippen molar-refractivity contribution in [3.63, 3.8) is 0 Å². The van der Waals surface area contributed by atoms with E-state index >= 15 is 0 Å². The molecule has 1 aromatic carbocycles. The number of benzene rings is 1. The third-order valence-electron chi connectivity index (χ3n) is 3.18. The van der Waals surface area contributed by atoms with Gasteiger partial charge in [0.05, 0.1) is 11.5 Å². The fourth-order valence-electron chi connectivity index (χ4n) is 2.05. The number of hydrogen-bond donors (Lipinski definition) is 0. The zero-order chi connectivity index (χ0) is 14.5. The first-order valence-corrected chi connectivity index (χ1v) is 6.65. The maximum atomic E-state index is 11.9. The normalized spacial score (nSPS) is 15.8. The highest BCUT2D eigenvalue weighted by Crippen LogP contribution is 2.29. The number of halogens is 1. The van der Waals surface area contributed by atoms with Gasteiger partial charge in [-0.15, -0.1) is 0 Å². The monoisotopic (exact) mass is 299 g/mol.